The van der Waals surface area contributed by atoms with E-state index in [9.17, 15) is 8.42 Å². The van der Waals surface area contributed by atoms with E-state index in [0.717, 1.165) is 12.8 Å². The van der Waals surface area contributed by atoms with E-state index in [1.54, 1.807) is 28.9 Å². The van der Waals surface area contributed by atoms with Crippen LogP contribution in [0.25, 0.3) is 0 Å². The van der Waals surface area contributed by atoms with Gasteiger partial charge in [0.2, 0.25) is 0 Å². The molecule has 0 spiro atoms. The summed E-state index contributed by atoms with van der Waals surface area (Å²) in [5, 5.41) is 1.80. The van der Waals surface area contributed by atoms with Crippen LogP contribution in [0.4, 0.5) is 0 Å². The maximum atomic E-state index is 12.7. The Morgan fingerprint density at radius 1 is 1.45 bits per heavy atom. The van der Waals surface area contributed by atoms with Gasteiger partial charge in [0.25, 0.3) is 10.0 Å². The van der Waals surface area contributed by atoms with Gasteiger partial charge in [0.1, 0.15) is 4.21 Å². The van der Waals surface area contributed by atoms with Crippen molar-refractivity contribution in [1.29, 1.82) is 0 Å². The van der Waals surface area contributed by atoms with E-state index < -0.39 is 10.0 Å². The number of ether oxygens (including phenoxy) is 2. The zero-order valence-electron chi connectivity index (χ0n) is 11.4. The number of hydrogen-bond donors (Lipinski definition) is 0. The smallest absolute Gasteiger partial charge is 0.252 e. The monoisotopic (exact) mass is 317 g/mol. The third-order valence-corrected chi connectivity index (χ3v) is 7.41. The van der Waals surface area contributed by atoms with Crippen molar-refractivity contribution < 1.29 is 17.9 Å². The van der Waals surface area contributed by atoms with E-state index in [0.29, 0.717) is 23.8 Å². The van der Waals surface area contributed by atoms with Crippen LogP contribution in [0.5, 0.6) is 0 Å². The summed E-state index contributed by atoms with van der Waals surface area (Å²) in [6.07, 6.45) is 2.64. The van der Waals surface area contributed by atoms with Crippen LogP contribution in [-0.2, 0) is 19.5 Å². The summed E-state index contributed by atoms with van der Waals surface area (Å²) in [6.45, 7) is 0.904. The van der Waals surface area contributed by atoms with Crippen LogP contribution < -0.4 is 0 Å². The highest BCUT2D eigenvalue weighted by molar-refractivity contribution is 7.91. The number of morpholine rings is 1. The van der Waals surface area contributed by atoms with Gasteiger partial charge in [0, 0.05) is 13.7 Å². The molecule has 1 aromatic rings. The van der Waals surface area contributed by atoms with Gasteiger partial charge in [-0.05, 0) is 30.7 Å². The fourth-order valence-electron chi connectivity index (χ4n) is 3.08. The fraction of sp³-hybridized carbons (Fsp3) is 0.692. The molecule has 1 aromatic heterocycles. The van der Waals surface area contributed by atoms with Crippen LogP contribution in [0, 0.1) is 0 Å². The predicted molar refractivity (Wildman–Crippen MR) is 76.4 cm³/mol. The average Bonchev–Trinajstić information content (AvgIpc) is 3.01. The molecule has 0 amide bonds. The molecule has 0 bridgehead atoms. The highest BCUT2D eigenvalue weighted by Crippen LogP contribution is 2.34. The Hall–Kier alpha value is -0.470. The molecule has 112 valence electrons. The van der Waals surface area contributed by atoms with Crippen molar-refractivity contribution in [1.82, 2.24) is 4.31 Å². The molecule has 2 heterocycles. The van der Waals surface area contributed by atoms with Crippen molar-refractivity contribution in [2.75, 3.05) is 20.3 Å². The molecule has 0 radical (unpaired) electrons. The molecule has 1 aliphatic carbocycles. The Kier molecular flexibility index (Phi) is 4.14. The van der Waals surface area contributed by atoms with Crippen molar-refractivity contribution >= 4 is 21.4 Å². The van der Waals surface area contributed by atoms with E-state index in [1.165, 1.54) is 11.3 Å². The first kappa shape index (κ1) is 14.5. The summed E-state index contributed by atoms with van der Waals surface area (Å²) < 4.78 is 38.7. The SMILES string of the molecule is CO[C@@H]1CC[C@@H]2OCCN(S(=O)(=O)c3cccs3)[C@@H]2C1. The number of methoxy groups -OCH3 is 1. The maximum absolute atomic E-state index is 12.7. The predicted octanol–water partition coefficient (Wildman–Crippen LogP) is 1.71. The Bertz CT molecular complexity index is 543. The van der Waals surface area contributed by atoms with E-state index in [-0.39, 0.29) is 18.2 Å². The molecule has 7 heteroatoms. The first-order chi connectivity index (χ1) is 9.63. The second-order valence-electron chi connectivity index (χ2n) is 5.20. The van der Waals surface area contributed by atoms with E-state index in [4.69, 9.17) is 9.47 Å². The minimum absolute atomic E-state index is 0.00453. The Morgan fingerprint density at radius 2 is 2.30 bits per heavy atom. The van der Waals surface area contributed by atoms with Crippen LogP contribution >= 0.6 is 11.3 Å². The van der Waals surface area contributed by atoms with E-state index >= 15 is 0 Å². The van der Waals surface area contributed by atoms with E-state index in [1.807, 2.05) is 0 Å². The van der Waals surface area contributed by atoms with Crippen LogP contribution in [0.15, 0.2) is 21.7 Å². The second-order valence-corrected chi connectivity index (χ2v) is 8.26. The quantitative estimate of drug-likeness (QED) is 0.851. The lowest BCUT2D eigenvalue weighted by molar-refractivity contribution is -0.0883. The molecule has 0 unspecified atom stereocenters. The molecule has 3 rings (SSSR count). The molecule has 5 nitrogen and oxygen atoms in total. The Balaban J connectivity index is 1.88. The van der Waals surface area contributed by atoms with Crippen LogP contribution in [-0.4, -0.2) is 51.2 Å². The van der Waals surface area contributed by atoms with Crippen molar-refractivity contribution in [2.45, 2.75) is 41.7 Å². The van der Waals surface area contributed by atoms with Gasteiger partial charge in [0.15, 0.2) is 0 Å². The van der Waals surface area contributed by atoms with Gasteiger partial charge in [0.05, 0.1) is 24.9 Å². The molecule has 1 saturated heterocycles. The Morgan fingerprint density at radius 3 is 3.00 bits per heavy atom. The molecule has 20 heavy (non-hydrogen) atoms. The van der Waals surface area contributed by atoms with Gasteiger partial charge >= 0.3 is 0 Å². The van der Waals surface area contributed by atoms with Crippen LogP contribution in [0.3, 0.4) is 0 Å². The van der Waals surface area contributed by atoms with Gasteiger partial charge in [-0.1, -0.05) is 6.07 Å². The van der Waals surface area contributed by atoms with Gasteiger partial charge in [-0.15, -0.1) is 11.3 Å². The summed E-state index contributed by atoms with van der Waals surface area (Å²) in [5.74, 6) is 0. The molecule has 0 aromatic carbocycles. The molecule has 0 N–H and O–H groups in total. The lowest BCUT2D eigenvalue weighted by Crippen LogP contribution is -2.56. The van der Waals surface area contributed by atoms with Crippen LogP contribution in [0.1, 0.15) is 19.3 Å². The standard InChI is InChI=1S/C13H19NO4S2/c1-17-10-4-5-12-11(9-10)14(6-7-18-12)20(15,16)13-3-2-8-19-13/h2-3,8,10-12H,4-7,9H2,1H3/t10-,11-,12+/m1/s1. The van der Waals surface area contributed by atoms with Crippen molar-refractivity contribution in [2.24, 2.45) is 0 Å². The van der Waals surface area contributed by atoms with E-state index in [2.05, 4.69) is 0 Å². The van der Waals surface area contributed by atoms with Crippen molar-refractivity contribution in [3.8, 4) is 0 Å². The largest absolute Gasteiger partial charge is 0.381 e. The summed E-state index contributed by atoms with van der Waals surface area (Å²) in [6, 6.07) is 3.34. The zero-order valence-corrected chi connectivity index (χ0v) is 13.0. The number of sulfonamides is 1. The zero-order chi connectivity index (χ0) is 14.2. The highest BCUT2D eigenvalue weighted by atomic mass is 32.2. The summed E-state index contributed by atoms with van der Waals surface area (Å²) in [7, 11) is -1.72. The maximum Gasteiger partial charge on any atom is 0.252 e. The molecular formula is C13H19NO4S2. The van der Waals surface area contributed by atoms with Gasteiger partial charge in [-0.3, -0.25) is 0 Å². The minimum Gasteiger partial charge on any atom is -0.381 e. The fourth-order valence-corrected chi connectivity index (χ4v) is 5.84. The molecular weight excluding hydrogens is 298 g/mol. The van der Waals surface area contributed by atoms with Crippen molar-refractivity contribution in [3.63, 3.8) is 0 Å². The summed E-state index contributed by atoms with van der Waals surface area (Å²) in [4.78, 5) is 0. The highest BCUT2D eigenvalue weighted by Gasteiger charge is 2.43. The molecule has 1 saturated carbocycles. The molecule has 2 aliphatic rings. The van der Waals surface area contributed by atoms with Crippen molar-refractivity contribution in [3.05, 3.63) is 17.5 Å². The average molecular weight is 317 g/mol. The molecule has 1 aliphatic heterocycles. The normalized spacial score (nSPS) is 31.9. The Labute approximate surface area is 123 Å². The second kappa shape index (κ2) is 5.73. The molecule has 2 fully saturated rings. The number of hydrogen-bond acceptors (Lipinski definition) is 5. The third-order valence-electron chi connectivity index (χ3n) is 4.11. The topological polar surface area (TPSA) is 55.8 Å². The minimum atomic E-state index is -3.40. The number of nitrogens with zero attached hydrogens (tertiary/aromatic N) is 1. The summed E-state index contributed by atoms with van der Waals surface area (Å²) >= 11 is 1.27. The number of fused-ring (bicyclic) bond motifs is 1. The number of thiophene rings is 1. The first-order valence-electron chi connectivity index (χ1n) is 6.82. The lowest BCUT2D eigenvalue weighted by atomic mass is 9.89. The van der Waals surface area contributed by atoms with Gasteiger partial charge in [-0.25, -0.2) is 8.42 Å². The molecule has 3 atom stereocenters. The van der Waals surface area contributed by atoms with Crippen LogP contribution in [0.2, 0.25) is 0 Å². The van der Waals surface area contributed by atoms with Gasteiger partial charge in [-0.2, -0.15) is 4.31 Å². The summed E-state index contributed by atoms with van der Waals surface area (Å²) in [5.41, 5.74) is 0. The first-order valence-corrected chi connectivity index (χ1v) is 9.14. The lowest BCUT2D eigenvalue weighted by Gasteiger charge is -2.44. The third kappa shape index (κ3) is 2.53. The van der Waals surface area contributed by atoms with Gasteiger partial charge < -0.3 is 9.47 Å². The number of rotatable bonds is 3.